The van der Waals surface area contributed by atoms with E-state index in [1.165, 1.54) is 19.3 Å². The van der Waals surface area contributed by atoms with Crippen molar-refractivity contribution in [2.24, 2.45) is 10.4 Å². The summed E-state index contributed by atoms with van der Waals surface area (Å²) in [6, 6.07) is 4.48. The highest BCUT2D eigenvalue weighted by molar-refractivity contribution is 14.0. The molecular formula is C19H33IN4O. The van der Waals surface area contributed by atoms with Gasteiger partial charge in [-0.3, -0.25) is 9.89 Å². The van der Waals surface area contributed by atoms with Gasteiger partial charge in [-0.25, -0.2) is 0 Å². The van der Waals surface area contributed by atoms with Gasteiger partial charge in [-0.2, -0.15) is 0 Å². The van der Waals surface area contributed by atoms with Crippen LogP contribution in [0.2, 0.25) is 0 Å². The number of nitrogens with one attached hydrogen (secondary N) is 1. The second-order valence-corrected chi connectivity index (χ2v) is 7.97. The van der Waals surface area contributed by atoms with Gasteiger partial charge in [0.05, 0.1) is 6.04 Å². The van der Waals surface area contributed by atoms with Crippen LogP contribution < -0.4 is 5.32 Å². The van der Waals surface area contributed by atoms with Crippen molar-refractivity contribution in [3.05, 3.63) is 23.7 Å². The van der Waals surface area contributed by atoms with E-state index >= 15 is 0 Å². The first-order chi connectivity index (χ1) is 11.5. The van der Waals surface area contributed by atoms with E-state index in [9.17, 15) is 0 Å². The molecule has 2 saturated heterocycles. The van der Waals surface area contributed by atoms with Crippen LogP contribution >= 0.6 is 24.0 Å². The first-order valence-electron chi connectivity index (χ1n) is 9.24. The molecule has 0 spiro atoms. The largest absolute Gasteiger partial charge is 0.465 e. The fourth-order valence-corrected chi connectivity index (χ4v) is 3.91. The molecule has 1 unspecified atom stereocenters. The summed E-state index contributed by atoms with van der Waals surface area (Å²) in [4.78, 5) is 9.43. The Morgan fingerprint density at radius 2 is 2.00 bits per heavy atom. The molecule has 1 N–H and O–H groups in total. The van der Waals surface area contributed by atoms with E-state index in [2.05, 4.69) is 46.1 Å². The summed E-state index contributed by atoms with van der Waals surface area (Å²) in [5, 5.41) is 3.61. The molecule has 6 heteroatoms. The fraction of sp³-hybridized carbons (Fsp3) is 0.737. The van der Waals surface area contributed by atoms with Crippen LogP contribution in [-0.2, 0) is 0 Å². The molecule has 0 aliphatic carbocycles. The molecule has 1 aromatic heterocycles. The van der Waals surface area contributed by atoms with E-state index in [-0.39, 0.29) is 30.0 Å². The maximum atomic E-state index is 5.95. The zero-order valence-corrected chi connectivity index (χ0v) is 18.4. The molecule has 3 rings (SSSR count). The molecular weight excluding hydrogens is 427 g/mol. The molecule has 0 aromatic carbocycles. The summed E-state index contributed by atoms with van der Waals surface area (Å²) >= 11 is 0. The summed E-state index contributed by atoms with van der Waals surface area (Å²) in [6.45, 7) is 12.0. The second-order valence-electron chi connectivity index (χ2n) is 7.97. The fourth-order valence-electron chi connectivity index (χ4n) is 3.91. The van der Waals surface area contributed by atoms with Crippen LogP contribution in [0.25, 0.3) is 0 Å². The standard InChI is InChI=1S/C19H32N4O.HI/c1-15-7-8-17(24-15)16(22-10-5-6-11-22)13-21-18(20-4)23-12-9-19(2,3)14-23;/h7-8,16H,5-6,9-14H2,1-4H3,(H,20,21);1H. The molecule has 142 valence electrons. The Labute approximate surface area is 169 Å². The van der Waals surface area contributed by atoms with E-state index in [0.717, 1.165) is 50.2 Å². The minimum absolute atomic E-state index is 0. The highest BCUT2D eigenvalue weighted by Gasteiger charge is 2.32. The maximum absolute atomic E-state index is 5.95. The molecule has 2 fully saturated rings. The van der Waals surface area contributed by atoms with Crippen molar-refractivity contribution in [1.29, 1.82) is 0 Å². The lowest BCUT2D eigenvalue weighted by molar-refractivity contribution is 0.212. The Morgan fingerprint density at radius 3 is 2.52 bits per heavy atom. The zero-order valence-electron chi connectivity index (χ0n) is 16.0. The number of hydrogen-bond donors (Lipinski definition) is 1. The van der Waals surface area contributed by atoms with Crippen LogP contribution in [-0.4, -0.2) is 55.5 Å². The maximum Gasteiger partial charge on any atom is 0.193 e. The van der Waals surface area contributed by atoms with E-state index in [1.54, 1.807) is 0 Å². The van der Waals surface area contributed by atoms with Crippen LogP contribution in [0.4, 0.5) is 0 Å². The van der Waals surface area contributed by atoms with Gasteiger partial charge in [0.1, 0.15) is 11.5 Å². The number of nitrogens with zero attached hydrogens (tertiary/aromatic N) is 3. The van der Waals surface area contributed by atoms with E-state index in [1.807, 2.05) is 14.0 Å². The number of guanidine groups is 1. The Balaban J connectivity index is 0.00000225. The Hall–Kier alpha value is -0.760. The van der Waals surface area contributed by atoms with E-state index < -0.39 is 0 Å². The number of hydrogen-bond acceptors (Lipinski definition) is 3. The van der Waals surface area contributed by atoms with Crippen LogP contribution in [0.1, 0.15) is 50.7 Å². The van der Waals surface area contributed by atoms with E-state index in [0.29, 0.717) is 5.41 Å². The second kappa shape index (κ2) is 8.75. The number of likely N-dealkylation sites (tertiary alicyclic amines) is 2. The summed E-state index contributed by atoms with van der Waals surface area (Å²) < 4.78 is 5.95. The highest BCUT2D eigenvalue weighted by atomic mass is 127. The van der Waals surface area contributed by atoms with Gasteiger partial charge in [-0.15, -0.1) is 24.0 Å². The molecule has 2 aliphatic rings. The number of aliphatic imine (C=N–C) groups is 1. The van der Waals surface area contributed by atoms with Crippen molar-refractivity contribution in [3.63, 3.8) is 0 Å². The average Bonchev–Trinajstić information content (AvgIpc) is 3.26. The lowest BCUT2D eigenvalue weighted by atomic mass is 9.93. The Morgan fingerprint density at radius 1 is 1.28 bits per heavy atom. The summed E-state index contributed by atoms with van der Waals surface area (Å²) in [5.41, 5.74) is 0.379. The number of halogens is 1. The third kappa shape index (κ3) is 5.12. The molecule has 0 saturated carbocycles. The smallest absolute Gasteiger partial charge is 0.193 e. The van der Waals surface area contributed by atoms with Crippen molar-refractivity contribution in [2.75, 3.05) is 39.8 Å². The number of aryl methyl sites for hydroxylation is 1. The lowest BCUT2D eigenvalue weighted by Crippen LogP contribution is -2.44. The monoisotopic (exact) mass is 460 g/mol. The van der Waals surface area contributed by atoms with Crippen LogP contribution in [0.5, 0.6) is 0 Å². The van der Waals surface area contributed by atoms with Crippen molar-refractivity contribution in [1.82, 2.24) is 15.1 Å². The van der Waals surface area contributed by atoms with Gasteiger partial charge in [0, 0.05) is 26.7 Å². The van der Waals surface area contributed by atoms with Gasteiger partial charge in [0.2, 0.25) is 0 Å². The topological polar surface area (TPSA) is 44.0 Å². The molecule has 0 radical (unpaired) electrons. The van der Waals surface area contributed by atoms with Crippen molar-refractivity contribution >= 4 is 29.9 Å². The van der Waals surface area contributed by atoms with Gasteiger partial charge < -0.3 is 14.6 Å². The predicted molar refractivity (Wildman–Crippen MR) is 114 cm³/mol. The van der Waals surface area contributed by atoms with Gasteiger partial charge in [0.15, 0.2) is 5.96 Å². The molecule has 2 aliphatic heterocycles. The first-order valence-corrected chi connectivity index (χ1v) is 9.24. The number of furan rings is 1. The molecule has 3 heterocycles. The van der Waals surface area contributed by atoms with Crippen molar-refractivity contribution < 1.29 is 4.42 Å². The lowest BCUT2D eigenvalue weighted by Gasteiger charge is -2.29. The van der Waals surface area contributed by atoms with Gasteiger partial charge >= 0.3 is 0 Å². The number of rotatable bonds is 4. The summed E-state index contributed by atoms with van der Waals surface area (Å²) in [7, 11) is 1.88. The highest BCUT2D eigenvalue weighted by Crippen LogP contribution is 2.29. The molecule has 1 atom stereocenters. The SMILES string of the molecule is CN=C(NCC(c1ccc(C)o1)N1CCCC1)N1CCC(C)(C)C1.I. The molecule has 25 heavy (non-hydrogen) atoms. The third-order valence-corrected chi connectivity index (χ3v) is 5.31. The first kappa shape index (κ1) is 20.6. The minimum atomic E-state index is 0. The van der Waals surface area contributed by atoms with Crippen LogP contribution in [0, 0.1) is 12.3 Å². The van der Waals surface area contributed by atoms with Crippen LogP contribution in [0.3, 0.4) is 0 Å². The molecule has 0 bridgehead atoms. The molecule has 5 nitrogen and oxygen atoms in total. The van der Waals surface area contributed by atoms with Gasteiger partial charge in [0.25, 0.3) is 0 Å². The van der Waals surface area contributed by atoms with Crippen molar-refractivity contribution in [2.45, 2.75) is 46.1 Å². The predicted octanol–water partition coefficient (Wildman–Crippen LogP) is 3.65. The quantitative estimate of drug-likeness (QED) is 0.423. The molecule has 1 aromatic rings. The minimum Gasteiger partial charge on any atom is -0.465 e. The molecule has 0 amide bonds. The normalized spacial score (nSPS) is 22.1. The third-order valence-electron chi connectivity index (χ3n) is 5.31. The summed E-state index contributed by atoms with van der Waals surface area (Å²) in [5.74, 6) is 3.08. The zero-order chi connectivity index (χ0) is 17.2. The van der Waals surface area contributed by atoms with Gasteiger partial charge in [-0.05, 0) is 56.8 Å². The Kier molecular flexibility index (Phi) is 7.19. The Bertz CT molecular complexity index is 578. The van der Waals surface area contributed by atoms with Crippen LogP contribution in [0.15, 0.2) is 21.5 Å². The van der Waals surface area contributed by atoms with Gasteiger partial charge in [-0.1, -0.05) is 13.8 Å². The van der Waals surface area contributed by atoms with Crippen molar-refractivity contribution in [3.8, 4) is 0 Å². The van der Waals surface area contributed by atoms with E-state index in [4.69, 9.17) is 4.42 Å². The average molecular weight is 460 g/mol. The summed E-state index contributed by atoms with van der Waals surface area (Å²) in [6.07, 6.45) is 3.79.